The Kier molecular flexibility index (Phi) is 6.74. The predicted octanol–water partition coefficient (Wildman–Crippen LogP) is -1.09. The number of alkyl halides is 3. The monoisotopic (exact) mass is 440 g/mol. The van der Waals surface area contributed by atoms with Crippen LogP contribution in [0, 0.1) is 11.3 Å². The number of aliphatic carboxylic acids is 2. The number of nitrogens with one attached hydrogen (secondary N) is 2. The van der Waals surface area contributed by atoms with Gasteiger partial charge in [-0.05, 0) is 0 Å². The van der Waals surface area contributed by atoms with E-state index < -0.39 is 35.6 Å². The highest BCUT2D eigenvalue weighted by molar-refractivity contribution is 6.01. The van der Waals surface area contributed by atoms with Crippen LogP contribution in [-0.4, -0.2) is 102 Å². The number of likely N-dealkylation sites (tertiary alicyclic amines) is 1. The van der Waals surface area contributed by atoms with Crippen LogP contribution < -0.4 is 10.6 Å². The van der Waals surface area contributed by atoms with E-state index in [0.29, 0.717) is 13.2 Å². The lowest BCUT2D eigenvalue weighted by Crippen LogP contribution is -2.45. The van der Waals surface area contributed by atoms with E-state index in [0.717, 1.165) is 4.90 Å². The third kappa shape index (κ3) is 4.90. The van der Waals surface area contributed by atoms with E-state index in [-0.39, 0.29) is 44.6 Å². The maximum Gasteiger partial charge on any atom is 0.490 e. The number of carbonyl (C=O) groups excluding carboxylic acids is 3. The van der Waals surface area contributed by atoms with Gasteiger partial charge < -0.3 is 30.5 Å². The molecule has 5 amide bonds. The van der Waals surface area contributed by atoms with Crippen molar-refractivity contribution in [2.75, 3.05) is 45.9 Å². The third-order valence-corrected chi connectivity index (χ3v) is 4.88. The van der Waals surface area contributed by atoms with Gasteiger partial charge in [0.25, 0.3) is 0 Å². The maximum absolute atomic E-state index is 12.2. The average Bonchev–Trinajstić information content (AvgIpc) is 3.29. The molecule has 3 fully saturated rings. The Hall–Kier alpha value is -3.10. The van der Waals surface area contributed by atoms with Crippen LogP contribution in [0.15, 0.2) is 0 Å². The van der Waals surface area contributed by atoms with Gasteiger partial charge in [0.2, 0.25) is 5.91 Å². The molecule has 12 nitrogen and oxygen atoms in total. The van der Waals surface area contributed by atoms with Crippen molar-refractivity contribution in [1.82, 2.24) is 20.4 Å². The summed E-state index contributed by atoms with van der Waals surface area (Å²) < 4.78 is 37.0. The number of halogens is 3. The molecular weight excluding hydrogens is 421 g/mol. The van der Waals surface area contributed by atoms with E-state index in [1.807, 2.05) is 0 Å². The van der Waals surface area contributed by atoms with Gasteiger partial charge in [0.1, 0.15) is 5.41 Å². The minimum Gasteiger partial charge on any atom is -0.481 e. The Morgan fingerprint density at radius 3 is 2.37 bits per heavy atom. The molecule has 0 aromatic heterocycles. The van der Waals surface area contributed by atoms with Crippen molar-refractivity contribution in [1.29, 1.82) is 0 Å². The predicted molar refractivity (Wildman–Crippen MR) is 88.2 cm³/mol. The van der Waals surface area contributed by atoms with Crippen molar-refractivity contribution in [3.05, 3.63) is 0 Å². The first kappa shape index (κ1) is 23.2. The number of carboxylic acid groups (broad SMARTS) is 2. The molecule has 2 atom stereocenters. The van der Waals surface area contributed by atoms with Gasteiger partial charge in [-0.2, -0.15) is 13.2 Å². The standard InChI is InChI=1S/C13H18N4O6.C2HF3O2/c18-9-3-15-12(22)17(9)2-1-14-11(21)16-4-8-5-23-7-13(8,6-16)10(19)20;3-2(4,5)1(6)7/h8H,1-7H2,(H,14,21)(H,15,22)(H,19,20);(H,6,7)/t8-,13-;/m1./s1. The zero-order valence-electron chi connectivity index (χ0n) is 15.4. The van der Waals surface area contributed by atoms with Gasteiger partial charge >= 0.3 is 30.2 Å². The van der Waals surface area contributed by atoms with Crippen molar-refractivity contribution < 1.29 is 52.1 Å². The SMILES string of the molecule is O=C(NCCN1C(=O)CNC1=O)N1C[C@@H]2COC[C@]2(C(=O)O)C1.O=C(O)C(F)(F)F. The van der Waals surface area contributed by atoms with Gasteiger partial charge in [0.15, 0.2) is 0 Å². The summed E-state index contributed by atoms with van der Waals surface area (Å²) in [5.41, 5.74) is -1.03. The minimum absolute atomic E-state index is 0.0261. The molecule has 0 aliphatic carbocycles. The van der Waals surface area contributed by atoms with Crippen LogP contribution in [0.2, 0.25) is 0 Å². The van der Waals surface area contributed by atoms with E-state index in [2.05, 4.69) is 10.6 Å². The number of amides is 5. The second kappa shape index (κ2) is 8.73. The van der Waals surface area contributed by atoms with Gasteiger partial charge in [-0.15, -0.1) is 0 Å². The number of nitrogens with zero attached hydrogens (tertiary/aromatic N) is 2. The van der Waals surface area contributed by atoms with Crippen LogP contribution in [0.25, 0.3) is 0 Å². The number of carbonyl (C=O) groups is 5. The summed E-state index contributed by atoms with van der Waals surface area (Å²) in [6.07, 6.45) is -5.08. The molecule has 0 aromatic carbocycles. The number of imide groups is 1. The highest BCUT2D eigenvalue weighted by Gasteiger charge is 2.57. The van der Waals surface area contributed by atoms with Crippen LogP contribution in [0.4, 0.5) is 22.8 Å². The van der Waals surface area contributed by atoms with Gasteiger partial charge in [0.05, 0.1) is 19.8 Å². The van der Waals surface area contributed by atoms with E-state index in [1.165, 1.54) is 4.90 Å². The number of hydrogen-bond acceptors (Lipinski definition) is 6. The van der Waals surface area contributed by atoms with Crippen molar-refractivity contribution in [3.63, 3.8) is 0 Å². The molecule has 3 heterocycles. The van der Waals surface area contributed by atoms with Crippen LogP contribution in [-0.2, 0) is 19.1 Å². The molecule has 3 saturated heterocycles. The second-order valence-electron chi connectivity index (χ2n) is 6.79. The number of carboxylic acids is 2. The quantitative estimate of drug-likeness (QED) is 0.401. The summed E-state index contributed by atoms with van der Waals surface area (Å²) in [4.78, 5) is 57.8. The van der Waals surface area contributed by atoms with Crippen LogP contribution in [0.3, 0.4) is 0 Å². The summed E-state index contributed by atoms with van der Waals surface area (Å²) in [6, 6.07) is -0.867. The minimum atomic E-state index is -5.08. The molecule has 0 radical (unpaired) electrons. The normalized spacial score (nSPS) is 25.4. The fourth-order valence-electron chi connectivity index (χ4n) is 3.26. The molecule has 4 N–H and O–H groups in total. The Morgan fingerprint density at radius 2 is 1.90 bits per heavy atom. The molecule has 0 aromatic rings. The zero-order valence-corrected chi connectivity index (χ0v) is 15.4. The molecule has 168 valence electrons. The highest BCUT2D eigenvalue weighted by Crippen LogP contribution is 2.41. The molecule has 3 aliphatic heterocycles. The molecule has 0 bridgehead atoms. The maximum atomic E-state index is 12.2. The topological polar surface area (TPSA) is 166 Å². The molecule has 0 spiro atoms. The number of urea groups is 2. The fourth-order valence-corrected chi connectivity index (χ4v) is 3.26. The van der Waals surface area contributed by atoms with E-state index in [4.69, 9.17) is 14.6 Å². The number of ether oxygens (including phenoxy) is 1. The number of rotatable bonds is 4. The molecule has 15 heteroatoms. The van der Waals surface area contributed by atoms with Gasteiger partial charge in [-0.1, -0.05) is 0 Å². The van der Waals surface area contributed by atoms with Crippen molar-refractivity contribution in [2.24, 2.45) is 11.3 Å². The molecule has 3 rings (SSSR count). The summed E-state index contributed by atoms with van der Waals surface area (Å²) in [5, 5.41) is 21.6. The Morgan fingerprint density at radius 1 is 1.27 bits per heavy atom. The first-order chi connectivity index (χ1) is 13.9. The lowest BCUT2D eigenvalue weighted by atomic mass is 9.81. The second-order valence-corrected chi connectivity index (χ2v) is 6.79. The van der Waals surface area contributed by atoms with E-state index in [1.54, 1.807) is 0 Å². The summed E-state index contributed by atoms with van der Waals surface area (Å²) >= 11 is 0. The largest absolute Gasteiger partial charge is 0.490 e. The molecule has 3 aliphatic rings. The zero-order chi connectivity index (χ0) is 22.7. The molecular formula is C15H19F3N4O8. The average molecular weight is 440 g/mol. The lowest BCUT2D eigenvalue weighted by molar-refractivity contribution is -0.192. The summed E-state index contributed by atoms with van der Waals surface area (Å²) in [5.74, 6) is -4.25. The van der Waals surface area contributed by atoms with Crippen LogP contribution in [0.5, 0.6) is 0 Å². The third-order valence-electron chi connectivity index (χ3n) is 4.88. The number of hydrogen-bond donors (Lipinski definition) is 4. The first-order valence-electron chi connectivity index (χ1n) is 8.60. The van der Waals surface area contributed by atoms with Crippen LogP contribution >= 0.6 is 0 Å². The Bertz CT molecular complexity index is 730. The molecule has 30 heavy (non-hydrogen) atoms. The summed E-state index contributed by atoms with van der Waals surface area (Å²) in [7, 11) is 0. The molecule has 0 saturated carbocycles. The Labute approximate surface area is 166 Å². The number of fused-ring (bicyclic) bond motifs is 1. The van der Waals surface area contributed by atoms with Gasteiger partial charge in [-0.3, -0.25) is 14.5 Å². The van der Waals surface area contributed by atoms with E-state index >= 15 is 0 Å². The van der Waals surface area contributed by atoms with Gasteiger partial charge in [-0.25, -0.2) is 14.4 Å². The lowest BCUT2D eigenvalue weighted by Gasteiger charge is -2.22. The van der Waals surface area contributed by atoms with Crippen LogP contribution in [0.1, 0.15) is 0 Å². The van der Waals surface area contributed by atoms with E-state index in [9.17, 15) is 37.5 Å². The Balaban J connectivity index is 0.000000396. The van der Waals surface area contributed by atoms with Crippen molar-refractivity contribution in [2.45, 2.75) is 6.18 Å². The molecule has 0 unspecified atom stereocenters. The fraction of sp³-hybridized carbons (Fsp3) is 0.667. The smallest absolute Gasteiger partial charge is 0.481 e. The highest BCUT2D eigenvalue weighted by atomic mass is 19.4. The van der Waals surface area contributed by atoms with Crippen molar-refractivity contribution >= 4 is 29.9 Å². The van der Waals surface area contributed by atoms with Crippen molar-refractivity contribution in [3.8, 4) is 0 Å². The summed E-state index contributed by atoms with van der Waals surface area (Å²) in [6.45, 7) is 1.04. The first-order valence-corrected chi connectivity index (χ1v) is 8.60. The van der Waals surface area contributed by atoms with Gasteiger partial charge in [0, 0.05) is 32.1 Å².